The summed E-state index contributed by atoms with van der Waals surface area (Å²) in [6, 6.07) is 7.63. The van der Waals surface area contributed by atoms with Gasteiger partial charge in [0.05, 0.1) is 18.0 Å². The lowest BCUT2D eigenvalue weighted by Crippen LogP contribution is -2.18. The summed E-state index contributed by atoms with van der Waals surface area (Å²) in [5, 5.41) is 0. The molecule has 0 fully saturated rings. The van der Waals surface area contributed by atoms with E-state index in [9.17, 15) is 13.2 Å². The molecule has 0 aliphatic rings. The van der Waals surface area contributed by atoms with Crippen molar-refractivity contribution >= 4 is 15.9 Å². The number of rotatable bonds is 7. The van der Waals surface area contributed by atoms with E-state index >= 15 is 0 Å². The number of halogens is 4. The van der Waals surface area contributed by atoms with E-state index in [-0.39, 0.29) is 11.4 Å². The minimum absolute atomic E-state index is 0.0169. The second kappa shape index (κ2) is 7.87. The monoisotopic (exact) mass is 340 g/mol. The lowest BCUT2D eigenvalue weighted by molar-refractivity contribution is -0.173. The van der Waals surface area contributed by atoms with Crippen LogP contribution in [0.2, 0.25) is 0 Å². The summed E-state index contributed by atoms with van der Waals surface area (Å²) in [5.41, 5.74) is 2.02. The normalized spacial score (nSPS) is 13.5. The molecule has 0 N–H and O–H groups in total. The molecule has 0 amide bonds. The molecule has 0 heterocycles. The molecule has 0 saturated carbocycles. The van der Waals surface area contributed by atoms with Gasteiger partial charge in [-0.1, -0.05) is 40.2 Å². The fourth-order valence-electron chi connectivity index (χ4n) is 1.49. The van der Waals surface area contributed by atoms with Crippen LogP contribution in [-0.4, -0.2) is 33.1 Å². The summed E-state index contributed by atoms with van der Waals surface area (Å²) in [5.74, 6) is 0. The quantitative estimate of drug-likeness (QED) is 0.701. The minimum atomic E-state index is -4.28. The smallest absolute Gasteiger partial charge is 0.384 e. The fourth-order valence-corrected chi connectivity index (χ4v) is 1.98. The fraction of sp³-hybridized carbons (Fsp3) is 0.538. The van der Waals surface area contributed by atoms with Crippen molar-refractivity contribution in [2.45, 2.75) is 17.4 Å². The second-order valence-corrected chi connectivity index (χ2v) is 5.19. The van der Waals surface area contributed by atoms with Crippen LogP contribution in [0.4, 0.5) is 13.2 Å². The zero-order valence-electron chi connectivity index (χ0n) is 10.5. The molecule has 6 heteroatoms. The summed E-state index contributed by atoms with van der Waals surface area (Å²) in [4.78, 5) is -0.244. The average molecular weight is 341 g/mol. The Morgan fingerprint density at radius 2 is 1.84 bits per heavy atom. The topological polar surface area (TPSA) is 18.5 Å². The van der Waals surface area contributed by atoms with E-state index in [2.05, 4.69) is 20.7 Å². The van der Waals surface area contributed by atoms with Crippen molar-refractivity contribution in [3.05, 3.63) is 35.4 Å². The van der Waals surface area contributed by atoms with Gasteiger partial charge in [0.1, 0.15) is 6.61 Å². The van der Waals surface area contributed by atoms with Crippen LogP contribution in [0.15, 0.2) is 24.3 Å². The first kappa shape index (κ1) is 16.5. The molecule has 0 saturated heterocycles. The third-order valence-electron chi connectivity index (χ3n) is 2.47. The van der Waals surface area contributed by atoms with Gasteiger partial charge in [-0.2, -0.15) is 13.2 Å². The predicted octanol–water partition coefficient (Wildman–Crippen LogP) is 3.89. The van der Waals surface area contributed by atoms with Crippen LogP contribution in [0.5, 0.6) is 0 Å². The van der Waals surface area contributed by atoms with Crippen molar-refractivity contribution in [2.24, 2.45) is 0 Å². The molecule has 1 atom stereocenters. The zero-order valence-corrected chi connectivity index (χ0v) is 12.1. The Morgan fingerprint density at radius 3 is 2.37 bits per heavy atom. The first-order valence-electron chi connectivity index (χ1n) is 5.78. The van der Waals surface area contributed by atoms with E-state index in [1.807, 2.05) is 24.3 Å². The average Bonchev–Trinajstić information content (AvgIpc) is 2.35. The van der Waals surface area contributed by atoms with E-state index < -0.39 is 12.8 Å². The minimum Gasteiger partial charge on any atom is -0.384 e. The summed E-state index contributed by atoms with van der Waals surface area (Å²) in [6.45, 7) is -0.594. The highest BCUT2D eigenvalue weighted by atomic mass is 79.9. The molecular weight excluding hydrogens is 325 g/mol. The Labute approximate surface area is 119 Å². The highest BCUT2D eigenvalue weighted by molar-refractivity contribution is 9.09. The molecule has 0 aliphatic heterocycles. The van der Waals surface area contributed by atoms with E-state index in [1.165, 1.54) is 0 Å². The Bertz CT molecular complexity index is 365. The van der Waals surface area contributed by atoms with Crippen molar-refractivity contribution in [2.75, 3.05) is 26.9 Å². The van der Waals surface area contributed by atoms with Crippen LogP contribution < -0.4 is 0 Å². The highest BCUT2D eigenvalue weighted by Crippen LogP contribution is 2.24. The lowest BCUT2D eigenvalue weighted by Gasteiger charge is -2.13. The SMILES string of the molecule is COCCc1ccc(C(Br)COCC(F)(F)F)cc1. The largest absolute Gasteiger partial charge is 0.411 e. The van der Waals surface area contributed by atoms with Gasteiger partial charge in [-0.15, -0.1) is 0 Å². The molecule has 1 aromatic rings. The summed E-state index contributed by atoms with van der Waals surface area (Å²) in [7, 11) is 1.64. The first-order chi connectivity index (χ1) is 8.92. The maximum absolute atomic E-state index is 11.9. The molecule has 0 radical (unpaired) electrons. The second-order valence-electron chi connectivity index (χ2n) is 4.08. The van der Waals surface area contributed by atoms with Crippen LogP contribution in [0.25, 0.3) is 0 Å². The number of ether oxygens (including phenoxy) is 2. The van der Waals surface area contributed by atoms with Crippen LogP contribution >= 0.6 is 15.9 Å². The van der Waals surface area contributed by atoms with Crippen LogP contribution in [0, 0.1) is 0 Å². The Morgan fingerprint density at radius 1 is 1.21 bits per heavy atom. The Balaban J connectivity index is 2.42. The van der Waals surface area contributed by atoms with E-state index in [4.69, 9.17) is 4.74 Å². The highest BCUT2D eigenvalue weighted by Gasteiger charge is 2.27. The summed E-state index contributed by atoms with van der Waals surface area (Å²) in [6.07, 6.45) is -3.47. The van der Waals surface area contributed by atoms with Crippen molar-refractivity contribution < 1.29 is 22.6 Å². The van der Waals surface area contributed by atoms with E-state index in [0.717, 1.165) is 17.5 Å². The van der Waals surface area contributed by atoms with Gasteiger partial charge >= 0.3 is 6.18 Å². The van der Waals surface area contributed by atoms with Gasteiger partial charge in [0.2, 0.25) is 0 Å². The van der Waals surface area contributed by atoms with Gasteiger partial charge in [0, 0.05) is 7.11 Å². The maximum Gasteiger partial charge on any atom is 0.411 e. The van der Waals surface area contributed by atoms with Crippen molar-refractivity contribution in [1.29, 1.82) is 0 Å². The number of hydrogen-bond acceptors (Lipinski definition) is 2. The van der Waals surface area contributed by atoms with Crippen LogP contribution in [0.3, 0.4) is 0 Å². The molecule has 0 aromatic heterocycles. The van der Waals surface area contributed by atoms with E-state index in [1.54, 1.807) is 7.11 Å². The standard InChI is InChI=1S/C13H16BrF3O2/c1-18-7-6-10-2-4-11(5-3-10)12(14)8-19-9-13(15,16)17/h2-5,12H,6-9H2,1H3. The van der Waals surface area contributed by atoms with Crippen LogP contribution in [0.1, 0.15) is 16.0 Å². The number of benzene rings is 1. The van der Waals surface area contributed by atoms with Gasteiger partial charge in [0.15, 0.2) is 0 Å². The Kier molecular flexibility index (Phi) is 6.82. The molecule has 0 bridgehead atoms. The van der Waals surface area contributed by atoms with Gasteiger partial charge in [-0.3, -0.25) is 0 Å². The molecule has 1 rings (SSSR count). The predicted molar refractivity (Wildman–Crippen MR) is 70.6 cm³/mol. The summed E-state index contributed by atoms with van der Waals surface area (Å²) < 4.78 is 45.4. The van der Waals surface area contributed by atoms with Gasteiger partial charge in [0.25, 0.3) is 0 Å². The van der Waals surface area contributed by atoms with Gasteiger partial charge < -0.3 is 9.47 Å². The number of hydrogen-bond donors (Lipinski definition) is 0. The zero-order chi connectivity index (χ0) is 14.3. The van der Waals surface area contributed by atoms with Crippen molar-refractivity contribution in [3.63, 3.8) is 0 Å². The van der Waals surface area contributed by atoms with E-state index in [0.29, 0.717) is 6.61 Å². The molecule has 2 nitrogen and oxygen atoms in total. The molecule has 0 spiro atoms. The van der Waals surface area contributed by atoms with Gasteiger partial charge in [-0.25, -0.2) is 0 Å². The molecule has 19 heavy (non-hydrogen) atoms. The molecular formula is C13H16BrF3O2. The third-order valence-corrected chi connectivity index (χ3v) is 3.26. The lowest BCUT2D eigenvalue weighted by atomic mass is 10.1. The first-order valence-corrected chi connectivity index (χ1v) is 6.70. The van der Waals surface area contributed by atoms with Crippen molar-refractivity contribution in [3.8, 4) is 0 Å². The molecule has 1 unspecified atom stereocenters. The number of alkyl halides is 4. The third kappa shape index (κ3) is 6.94. The molecule has 108 valence electrons. The van der Waals surface area contributed by atoms with Crippen LogP contribution in [-0.2, 0) is 15.9 Å². The maximum atomic E-state index is 11.9. The van der Waals surface area contributed by atoms with Gasteiger partial charge in [-0.05, 0) is 17.5 Å². The van der Waals surface area contributed by atoms with Crippen molar-refractivity contribution in [1.82, 2.24) is 0 Å². The Hall–Kier alpha value is -0.590. The molecule has 0 aliphatic carbocycles. The molecule has 1 aromatic carbocycles. The number of methoxy groups -OCH3 is 1. The summed E-state index contributed by atoms with van der Waals surface area (Å²) >= 11 is 3.31.